The summed E-state index contributed by atoms with van der Waals surface area (Å²) in [4.78, 5) is 0. The van der Waals surface area contributed by atoms with E-state index in [0.29, 0.717) is 24.2 Å². The second-order valence-corrected chi connectivity index (χ2v) is 6.06. The van der Waals surface area contributed by atoms with Crippen LogP contribution in [0.2, 0.25) is 0 Å². The second-order valence-electron chi connectivity index (χ2n) is 6.06. The summed E-state index contributed by atoms with van der Waals surface area (Å²) < 4.78 is 19.7. The first-order chi connectivity index (χ1) is 11.5. The highest BCUT2D eigenvalue weighted by atomic mass is 19.1. The van der Waals surface area contributed by atoms with Gasteiger partial charge in [-0.05, 0) is 63.2 Å². The predicted octanol–water partition coefficient (Wildman–Crippen LogP) is 4.21. The number of phenolic OH excluding ortho intramolecular Hbond substituents is 1. The van der Waals surface area contributed by atoms with Crippen molar-refractivity contribution in [3.63, 3.8) is 0 Å². The average molecular weight is 328 g/mol. The number of furan rings is 1. The van der Waals surface area contributed by atoms with Crippen LogP contribution in [0.3, 0.4) is 0 Å². The fourth-order valence-corrected chi connectivity index (χ4v) is 2.60. The van der Waals surface area contributed by atoms with Crippen LogP contribution < -0.4 is 10.6 Å². The van der Waals surface area contributed by atoms with Crippen molar-refractivity contribution >= 4 is 17.0 Å². The van der Waals surface area contributed by atoms with Crippen molar-refractivity contribution in [1.29, 1.82) is 0 Å². The van der Waals surface area contributed by atoms with Crippen molar-refractivity contribution in [1.82, 2.24) is 10.6 Å². The molecule has 0 saturated carbocycles. The molecular formula is C19H21FN2O2. The summed E-state index contributed by atoms with van der Waals surface area (Å²) in [5, 5.41) is 16.2. The van der Waals surface area contributed by atoms with Crippen molar-refractivity contribution < 1.29 is 13.9 Å². The molecule has 1 aromatic heterocycles. The monoisotopic (exact) mass is 328 g/mol. The van der Waals surface area contributed by atoms with Crippen molar-refractivity contribution in [2.45, 2.75) is 25.4 Å². The Morgan fingerprint density at radius 1 is 1.38 bits per heavy atom. The van der Waals surface area contributed by atoms with Crippen LogP contribution in [-0.4, -0.2) is 17.8 Å². The van der Waals surface area contributed by atoms with Gasteiger partial charge in [0.05, 0.1) is 0 Å². The van der Waals surface area contributed by atoms with E-state index in [1.807, 2.05) is 37.3 Å². The van der Waals surface area contributed by atoms with Crippen molar-refractivity contribution in [3.05, 3.63) is 59.8 Å². The Labute approximate surface area is 140 Å². The molecule has 0 fully saturated rings. The van der Waals surface area contributed by atoms with Crippen LogP contribution in [-0.2, 0) is 0 Å². The molecule has 1 atom stereocenters. The van der Waals surface area contributed by atoms with E-state index < -0.39 is 5.66 Å². The van der Waals surface area contributed by atoms with Gasteiger partial charge in [0.25, 0.3) is 0 Å². The van der Waals surface area contributed by atoms with E-state index >= 15 is 0 Å². The molecule has 0 aliphatic carbocycles. The second kappa shape index (κ2) is 6.53. The van der Waals surface area contributed by atoms with Crippen LogP contribution in [0.4, 0.5) is 4.39 Å². The lowest BCUT2D eigenvalue weighted by Crippen LogP contribution is -2.51. The maximum absolute atomic E-state index is 14.1. The highest BCUT2D eigenvalue weighted by Crippen LogP contribution is 2.25. The Kier molecular flexibility index (Phi) is 4.44. The number of halogens is 1. The molecule has 2 aromatic rings. The summed E-state index contributed by atoms with van der Waals surface area (Å²) in [5.74, 6) is 0.637. The molecule has 4 nitrogen and oxygen atoms in total. The van der Waals surface area contributed by atoms with Crippen LogP contribution in [0, 0.1) is 0 Å². The molecule has 126 valence electrons. The van der Waals surface area contributed by atoms with Gasteiger partial charge in [-0.1, -0.05) is 12.2 Å². The lowest BCUT2D eigenvalue weighted by atomic mass is 10.0. The Bertz CT molecular complexity index is 835. The van der Waals surface area contributed by atoms with Gasteiger partial charge in [-0.15, -0.1) is 0 Å². The molecule has 1 aliphatic rings. The van der Waals surface area contributed by atoms with Gasteiger partial charge in [-0.3, -0.25) is 5.32 Å². The molecule has 1 aliphatic heterocycles. The fraction of sp³-hybridized carbons (Fsp3) is 0.263. The molecule has 1 aromatic carbocycles. The molecule has 3 rings (SSSR count). The first-order valence-electron chi connectivity index (χ1n) is 7.93. The minimum absolute atomic E-state index is 0.214. The number of dihydropyridines is 1. The zero-order chi connectivity index (χ0) is 17.2. The third-order valence-corrected chi connectivity index (χ3v) is 4.17. The van der Waals surface area contributed by atoms with Crippen LogP contribution >= 0.6 is 0 Å². The van der Waals surface area contributed by atoms with E-state index in [1.54, 1.807) is 25.2 Å². The minimum Gasteiger partial charge on any atom is -0.508 e. The van der Waals surface area contributed by atoms with E-state index in [-0.39, 0.29) is 11.7 Å². The lowest BCUT2D eigenvalue weighted by Gasteiger charge is -2.30. The fourth-order valence-electron chi connectivity index (χ4n) is 2.60. The Balaban J connectivity index is 1.60. The van der Waals surface area contributed by atoms with Gasteiger partial charge in [-0.25, -0.2) is 0 Å². The Hall–Kier alpha value is -2.53. The molecule has 1 unspecified atom stereocenters. The quantitative estimate of drug-likeness (QED) is 0.720. The Morgan fingerprint density at radius 3 is 2.96 bits per heavy atom. The number of nitrogens with one attached hydrogen (secondary N) is 2. The highest BCUT2D eigenvalue weighted by molar-refractivity contribution is 5.81. The SMILES string of the molecule is CNC1(C)C=CC(CC/C=C/c2cc3cc(O)ccc3o2)=C(F)N1. The summed E-state index contributed by atoms with van der Waals surface area (Å²) in [7, 11) is 1.78. The van der Waals surface area contributed by atoms with Gasteiger partial charge in [0, 0.05) is 11.0 Å². The molecule has 2 heterocycles. The molecule has 5 heteroatoms. The summed E-state index contributed by atoms with van der Waals surface area (Å²) in [6.07, 6.45) is 8.87. The molecule has 0 saturated heterocycles. The first-order valence-corrected chi connectivity index (χ1v) is 7.93. The molecule has 0 radical (unpaired) electrons. The summed E-state index contributed by atoms with van der Waals surface area (Å²) in [6.45, 7) is 1.87. The standard InChI is InChI=1S/C19H21FN2O2/c1-19(21-2)10-9-13(18(20)22-19)5-3-4-6-16-12-14-11-15(23)7-8-17(14)24-16/h4,6-12,21-23H,3,5H2,1-2H3/b6-4+. The number of benzene rings is 1. The van der Waals surface area contributed by atoms with Gasteiger partial charge in [0.1, 0.15) is 22.8 Å². The van der Waals surface area contributed by atoms with E-state index in [9.17, 15) is 9.50 Å². The van der Waals surface area contributed by atoms with Crippen molar-refractivity contribution in [2.24, 2.45) is 0 Å². The summed E-state index contributed by atoms with van der Waals surface area (Å²) >= 11 is 0. The number of fused-ring (bicyclic) bond motifs is 1. The topological polar surface area (TPSA) is 57.4 Å². The molecule has 3 N–H and O–H groups in total. The normalized spacial score (nSPS) is 21.0. The molecule has 0 spiro atoms. The van der Waals surface area contributed by atoms with E-state index in [4.69, 9.17) is 4.42 Å². The molecule has 24 heavy (non-hydrogen) atoms. The van der Waals surface area contributed by atoms with E-state index in [0.717, 1.165) is 11.0 Å². The van der Waals surface area contributed by atoms with Gasteiger partial charge < -0.3 is 14.8 Å². The highest BCUT2D eigenvalue weighted by Gasteiger charge is 2.23. The van der Waals surface area contributed by atoms with Crippen LogP contribution in [0.15, 0.2) is 58.4 Å². The Morgan fingerprint density at radius 2 is 2.21 bits per heavy atom. The average Bonchev–Trinajstić information content (AvgIpc) is 2.95. The molecule has 0 bridgehead atoms. The zero-order valence-corrected chi connectivity index (χ0v) is 13.8. The van der Waals surface area contributed by atoms with Gasteiger partial charge >= 0.3 is 0 Å². The number of allylic oxidation sites excluding steroid dienone is 3. The predicted molar refractivity (Wildman–Crippen MR) is 94.0 cm³/mol. The van der Waals surface area contributed by atoms with Crippen molar-refractivity contribution in [2.75, 3.05) is 7.05 Å². The van der Waals surface area contributed by atoms with E-state index in [2.05, 4.69) is 10.6 Å². The summed E-state index contributed by atoms with van der Waals surface area (Å²) in [5.41, 5.74) is 0.845. The number of rotatable bonds is 5. The third-order valence-electron chi connectivity index (χ3n) is 4.17. The van der Waals surface area contributed by atoms with Crippen LogP contribution in [0.5, 0.6) is 5.75 Å². The van der Waals surface area contributed by atoms with Crippen molar-refractivity contribution in [3.8, 4) is 5.75 Å². The summed E-state index contributed by atoms with van der Waals surface area (Å²) in [6, 6.07) is 6.86. The number of likely N-dealkylation sites (N-methyl/N-ethyl adjacent to an activating group) is 1. The zero-order valence-electron chi connectivity index (χ0n) is 13.8. The maximum atomic E-state index is 14.1. The molecule has 0 amide bonds. The van der Waals surface area contributed by atoms with Gasteiger partial charge in [-0.2, -0.15) is 4.39 Å². The van der Waals surface area contributed by atoms with Gasteiger partial charge in [0.15, 0.2) is 5.95 Å². The first kappa shape index (κ1) is 16.3. The van der Waals surface area contributed by atoms with E-state index in [1.165, 1.54) is 0 Å². The third kappa shape index (κ3) is 3.51. The minimum atomic E-state index is -0.538. The van der Waals surface area contributed by atoms with Crippen LogP contribution in [0.25, 0.3) is 17.0 Å². The number of hydrogen-bond acceptors (Lipinski definition) is 4. The lowest BCUT2D eigenvalue weighted by molar-refractivity contribution is 0.356. The number of hydrogen-bond donors (Lipinski definition) is 3. The molecular weight excluding hydrogens is 307 g/mol. The van der Waals surface area contributed by atoms with Gasteiger partial charge in [0.2, 0.25) is 0 Å². The largest absolute Gasteiger partial charge is 0.508 e. The smallest absolute Gasteiger partial charge is 0.191 e. The number of phenols is 1. The maximum Gasteiger partial charge on any atom is 0.191 e. The van der Waals surface area contributed by atoms with Crippen LogP contribution in [0.1, 0.15) is 25.5 Å². The number of aromatic hydroxyl groups is 1.